The van der Waals surface area contributed by atoms with Crippen molar-refractivity contribution in [1.29, 1.82) is 0 Å². The van der Waals surface area contributed by atoms with Gasteiger partial charge in [-0.1, -0.05) is 12.1 Å². The van der Waals surface area contributed by atoms with Crippen LogP contribution < -0.4 is 10.1 Å². The van der Waals surface area contributed by atoms with E-state index in [1.165, 1.54) is 11.1 Å². The summed E-state index contributed by atoms with van der Waals surface area (Å²) < 4.78 is 5.48. The fourth-order valence-corrected chi connectivity index (χ4v) is 3.18. The van der Waals surface area contributed by atoms with Crippen LogP contribution in [0.4, 0.5) is 4.79 Å². The first-order chi connectivity index (χ1) is 11.1. The van der Waals surface area contributed by atoms with E-state index in [2.05, 4.69) is 11.4 Å². The van der Waals surface area contributed by atoms with E-state index >= 15 is 0 Å². The van der Waals surface area contributed by atoms with Gasteiger partial charge < -0.3 is 20.1 Å². The Morgan fingerprint density at radius 1 is 1.39 bits per heavy atom. The first-order valence-corrected chi connectivity index (χ1v) is 8.13. The number of piperidine rings is 1. The number of urea groups is 1. The van der Waals surface area contributed by atoms with Gasteiger partial charge in [0, 0.05) is 26.1 Å². The third-order valence-corrected chi connectivity index (χ3v) is 4.50. The minimum Gasteiger partial charge on any atom is -0.493 e. The predicted molar refractivity (Wildman–Crippen MR) is 84.7 cm³/mol. The highest BCUT2D eigenvalue weighted by atomic mass is 16.5. The number of nitrogens with one attached hydrogen (secondary N) is 1. The van der Waals surface area contributed by atoms with Gasteiger partial charge in [0.15, 0.2) is 0 Å². The van der Waals surface area contributed by atoms with Crippen LogP contribution in [-0.4, -0.2) is 48.2 Å². The molecule has 0 spiro atoms. The molecule has 2 aliphatic heterocycles. The number of amides is 2. The highest BCUT2D eigenvalue weighted by molar-refractivity contribution is 5.76. The Hall–Kier alpha value is -2.24. The molecule has 0 aromatic heterocycles. The van der Waals surface area contributed by atoms with Crippen LogP contribution in [0.3, 0.4) is 0 Å². The third kappa shape index (κ3) is 3.75. The molecular formula is C17H22N2O4. The van der Waals surface area contributed by atoms with Crippen LogP contribution in [0.5, 0.6) is 5.75 Å². The molecule has 1 fully saturated rings. The van der Waals surface area contributed by atoms with Gasteiger partial charge in [-0.2, -0.15) is 0 Å². The number of rotatable bonds is 4. The fraction of sp³-hybridized carbons (Fsp3) is 0.529. The van der Waals surface area contributed by atoms with Crippen molar-refractivity contribution >= 4 is 12.0 Å². The maximum Gasteiger partial charge on any atom is 0.317 e. The maximum absolute atomic E-state index is 12.1. The molecule has 124 valence electrons. The van der Waals surface area contributed by atoms with Gasteiger partial charge in [-0.3, -0.25) is 4.79 Å². The quantitative estimate of drug-likeness (QED) is 0.885. The van der Waals surface area contributed by atoms with E-state index in [4.69, 9.17) is 9.84 Å². The zero-order valence-electron chi connectivity index (χ0n) is 13.1. The largest absolute Gasteiger partial charge is 0.493 e. The Morgan fingerprint density at radius 3 is 3.09 bits per heavy atom. The molecule has 1 atom stereocenters. The summed E-state index contributed by atoms with van der Waals surface area (Å²) in [6.07, 6.45) is 3.10. The minimum absolute atomic E-state index is 0.166. The third-order valence-electron chi connectivity index (χ3n) is 4.50. The molecule has 23 heavy (non-hydrogen) atoms. The fourth-order valence-electron chi connectivity index (χ4n) is 3.18. The molecular weight excluding hydrogens is 296 g/mol. The normalized spacial score (nSPS) is 19.8. The van der Waals surface area contributed by atoms with E-state index in [0.29, 0.717) is 26.1 Å². The second-order valence-electron chi connectivity index (χ2n) is 6.15. The Morgan fingerprint density at radius 2 is 2.26 bits per heavy atom. The molecule has 6 nitrogen and oxygen atoms in total. The molecule has 6 heteroatoms. The van der Waals surface area contributed by atoms with E-state index in [9.17, 15) is 9.59 Å². The van der Waals surface area contributed by atoms with Gasteiger partial charge in [0.1, 0.15) is 5.75 Å². The summed E-state index contributed by atoms with van der Waals surface area (Å²) in [7, 11) is 0. The number of carboxylic acid groups (broad SMARTS) is 1. The van der Waals surface area contributed by atoms with Gasteiger partial charge in [0.2, 0.25) is 0 Å². The van der Waals surface area contributed by atoms with Gasteiger partial charge in [-0.15, -0.1) is 0 Å². The topological polar surface area (TPSA) is 78.9 Å². The van der Waals surface area contributed by atoms with Gasteiger partial charge in [0.25, 0.3) is 0 Å². The highest BCUT2D eigenvalue weighted by Crippen LogP contribution is 2.25. The molecule has 0 saturated carbocycles. The molecule has 2 N–H and O–H groups in total. The van der Waals surface area contributed by atoms with E-state index in [0.717, 1.165) is 31.6 Å². The number of nitrogens with zero attached hydrogens (tertiary/aromatic N) is 1. The molecule has 2 heterocycles. The summed E-state index contributed by atoms with van der Waals surface area (Å²) >= 11 is 0. The Labute approximate surface area is 135 Å². The van der Waals surface area contributed by atoms with Crippen LogP contribution in [0.15, 0.2) is 18.2 Å². The van der Waals surface area contributed by atoms with Crippen molar-refractivity contribution < 1.29 is 19.4 Å². The lowest BCUT2D eigenvalue weighted by Gasteiger charge is -2.30. The number of hydrogen-bond acceptors (Lipinski definition) is 3. The summed E-state index contributed by atoms with van der Waals surface area (Å²) in [4.78, 5) is 24.8. The number of hydrogen-bond donors (Lipinski definition) is 2. The second kappa shape index (κ2) is 6.89. The summed E-state index contributed by atoms with van der Waals surface area (Å²) in [5, 5.41) is 12.0. The number of aliphatic carboxylic acids is 1. The molecule has 1 saturated heterocycles. The lowest BCUT2D eigenvalue weighted by atomic mass is 9.99. The molecule has 1 aromatic rings. The lowest BCUT2D eigenvalue weighted by Crippen LogP contribution is -2.47. The van der Waals surface area contributed by atoms with Crippen molar-refractivity contribution in [3.05, 3.63) is 29.3 Å². The average molecular weight is 318 g/mol. The van der Waals surface area contributed by atoms with Gasteiger partial charge >= 0.3 is 12.0 Å². The Bertz CT molecular complexity index is 602. The average Bonchev–Trinajstić information content (AvgIpc) is 3.02. The minimum atomic E-state index is -0.817. The van der Waals surface area contributed by atoms with Crippen LogP contribution in [0.2, 0.25) is 0 Å². The first-order valence-electron chi connectivity index (χ1n) is 8.13. The summed E-state index contributed by atoms with van der Waals surface area (Å²) in [5.74, 6) is -0.292. The van der Waals surface area contributed by atoms with Crippen LogP contribution in [0, 0.1) is 5.92 Å². The second-order valence-corrected chi connectivity index (χ2v) is 6.15. The molecule has 2 aliphatic rings. The van der Waals surface area contributed by atoms with E-state index < -0.39 is 11.9 Å². The summed E-state index contributed by atoms with van der Waals surface area (Å²) in [5.41, 5.74) is 2.41. The number of benzene rings is 1. The van der Waals surface area contributed by atoms with Crippen molar-refractivity contribution in [2.75, 3.05) is 26.2 Å². The van der Waals surface area contributed by atoms with Crippen molar-refractivity contribution in [1.82, 2.24) is 10.2 Å². The number of fused-ring (bicyclic) bond motifs is 1. The van der Waals surface area contributed by atoms with Crippen molar-refractivity contribution in [3.63, 3.8) is 0 Å². The zero-order valence-corrected chi connectivity index (χ0v) is 13.1. The maximum atomic E-state index is 12.1. The smallest absolute Gasteiger partial charge is 0.317 e. The monoisotopic (exact) mass is 318 g/mol. The Kier molecular flexibility index (Phi) is 4.69. The number of carbonyl (C=O) groups is 2. The SMILES string of the molecule is O=C(O)C1CCCN(C(=O)NCCc2ccc3c(c2)CCO3)C1. The molecule has 2 amide bonds. The van der Waals surface area contributed by atoms with Crippen LogP contribution in [-0.2, 0) is 17.6 Å². The first kappa shape index (κ1) is 15.6. The van der Waals surface area contributed by atoms with E-state index in [-0.39, 0.29) is 6.03 Å². The van der Waals surface area contributed by atoms with Crippen LogP contribution in [0.1, 0.15) is 24.0 Å². The van der Waals surface area contributed by atoms with Gasteiger partial charge in [-0.05, 0) is 36.5 Å². The van der Waals surface area contributed by atoms with Crippen LogP contribution in [0.25, 0.3) is 0 Å². The van der Waals surface area contributed by atoms with E-state index in [1.807, 2.05) is 12.1 Å². The lowest BCUT2D eigenvalue weighted by molar-refractivity contribution is -0.143. The van der Waals surface area contributed by atoms with Crippen molar-refractivity contribution in [2.45, 2.75) is 25.7 Å². The molecule has 0 radical (unpaired) electrons. The standard InChI is InChI=1S/C17H22N2O4/c20-16(21)14-2-1-8-19(11-14)17(22)18-7-5-12-3-4-15-13(10-12)6-9-23-15/h3-4,10,14H,1-2,5-9,11H2,(H,18,22)(H,20,21). The van der Waals surface area contributed by atoms with Gasteiger partial charge in [0.05, 0.1) is 12.5 Å². The molecule has 3 rings (SSSR count). The predicted octanol–water partition coefficient (Wildman–Crippen LogP) is 1.67. The number of carboxylic acids is 1. The zero-order chi connectivity index (χ0) is 16.2. The van der Waals surface area contributed by atoms with Crippen molar-refractivity contribution in [3.8, 4) is 5.75 Å². The summed E-state index contributed by atoms with van der Waals surface area (Å²) in [6, 6.07) is 5.98. The highest BCUT2D eigenvalue weighted by Gasteiger charge is 2.27. The van der Waals surface area contributed by atoms with Gasteiger partial charge in [-0.25, -0.2) is 4.79 Å². The molecule has 0 aliphatic carbocycles. The summed E-state index contributed by atoms with van der Waals surface area (Å²) in [6.45, 7) is 2.23. The number of carbonyl (C=O) groups excluding carboxylic acids is 1. The number of ether oxygens (including phenoxy) is 1. The van der Waals surface area contributed by atoms with Crippen molar-refractivity contribution in [2.24, 2.45) is 5.92 Å². The molecule has 1 aromatic carbocycles. The molecule has 1 unspecified atom stereocenters. The Balaban J connectivity index is 1.46. The molecule has 0 bridgehead atoms. The van der Waals surface area contributed by atoms with Crippen LogP contribution >= 0.6 is 0 Å². The van der Waals surface area contributed by atoms with E-state index in [1.54, 1.807) is 4.90 Å². The number of likely N-dealkylation sites (tertiary alicyclic amines) is 1.